The summed E-state index contributed by atoms with van der Waals surface area (Å²) in [5.41, 5.74) is 4.68. The summed E-state index contributed by atoms with van der Waals surface area (Å²) in [5.74, 6) is 1.92. The average molecular weight is 359 g/mol. The van der Waals surface area contributed by atoms with Crippen LogP contribution in [0.2, 0.25) is 0 Å². The van der Waals surface area contributed by atoms with Crippen LogP contribution in [0.4, 0.5) is 5.82 Å². The number of aromatic nitrogens is 3. The van der Waals surface area contributed by atoms with E-state index in [0.29, 0.717) is 0 Å². The first-order chi connectivity index (χ1) is 13.2. The Morgan fingerprint density at radius 2 is 1.67 bits per heavy atom. The molecule has 0 N–H and O–H groups in total. The molecule has 0 amide bonds. The van der Waals surface area contributed by atoms with Crippen LogP contribution in [0, 0.1) is 13.8 Å². The zero-order chi connectivity index (χ0) is 18.6. The molecule has 0 spiro atoms. The van der Waals surface area contributed by atoms with Crippen LogP contribution in [-0.2, 0) is 6.54 Å². The molecule has 0 atom stereocenters. The van der Waals surface area contributed by atoms with Gasteiger partial charge in [0.1, 0.15) is 11.6 Å². The molecule has 1 saturated heterocycles. The summed E-state index contributed by atoms with van der Waals surface area (Å²) in [6.07, 6.45) is 3.76. The van der Waals surface area contributed by atoms with Crippen molar-refractivity contribution in [2.45, 2.75) is 20.4 Å². The summed E-state index contributed by atoms with van der Waals surface area (Å²) in [6.45, 7) is 9.12. The third-order valence-electron chi connectivity index (χ3n) is 5.06. The number of hydrogen-bond acceptors (Lipinski definition) is 5. The van der Waals surface area contributed by atoms with Crippen molar-refractivity contribution >= 4 is 5.82 Å². The zero-order valence-electron chi connectivity index (χ0n) is 16.0. The molecule has 2 aromatic heterocycles. The summed E-state index contributed by atoms with van der Waals surface area (Å²) in [5, 5.41) is 0. The molecule has 1 aliphatic heterocycles. The first-order valence-corrected chi connectivity index (χ1v) is 9.47. The van der Waals surface area contributed by atoms with E-state index in [1.807, 2.05) is 37.5 Å². The fourth-order valence-electron chi connectivity index (χ4n) is 3.53. The lowest BCUT2D eigenvalue weighted by molar-refractivity contribution is 0.249. The Morgan fingerprint density at radius 3 is 2.37 bits per heavy atom. The minimum absolute atomic E-state index is 0.839. The second-order valence-corrected chi connectivity index (χ2v) is 7.10. The monoisotopic (exact) mass is 359 g/mol. The summed E-state index contributed by atoms with van der Waals surface area (Å²) in [6, 6.07) is 14.8. The standard InChI is InChI=1S/C22H25N5/c1-17-15-24-18(2)25-22(17)27-13-11-26(12-14-27)16-19-6-8-20(9-7-19)21-5-3-4-10-23-21/h3-10,15H,11-14,16H2,1-2H3. The maximum atomic E-state index is 4.63. The van der Waals surface area contributed by atoms with Gasteiger partial charge < -0.3 is 4.90 Å². The Balaban J connectivity index is 1.36. The predicted octanol–water partition coefficient (Wildman–Crippen LogP) is 3.48. The van der Waals surface area contributed by atoms with E-state index in [4.69, 9.17) is 0 Å². The highest BCUT2D eigenvalue weighted by Crippen LogP contribution is 2.20. The first kappa shape index (κ1) is 17.6. The molecule has 1 aliphatic rings. The van der Waals surface area contributed by atoms with Crippen LogP contribution in [0.5, 0.6) is 0 Å². The molecule has 0 saturated carbocycles. The molecule has 0 bridgehead atoms. The molecular weight excluding hydrogens is 334 g/mol. The van der Waals surface area contributed by atoms with Gasteiger partial charge in [-0.15, -0.1) is 0 Å². The van der Waals surface area contributed by atoms with Crippen molar-refractivity contribution in [3.05, 3.63) is 71.8 Å². The van der Waals surface area contributed by atoms with Crippen LogP contribution in [0.15, 0.2) is 54.9 Å². The van der Waals surface area contributed by atoms with Gasteiger partial charge in [0.15, 0.2) is 0 Å². The van der Waals surface area contributed by atoms with E-state index < -0.39 is 0 Å². The number of piperazine rings is 1. The molecule has 0 radical (unpaired) electrons. The van der Waals surface area contributed by atoms with Crippen molar-refractivity contribution in [1.29, 1.82) is 0 Å². The van der Waals surface area contributed by atoms with Crippen molar-refractivity contribution < 1.29 is 0 Å². The third kappa shape index (κ3) is 4.14. The molecule has 4 rings (SSSR count). The van der Waals surface area contributed by atoms with E-state index in [9.17, 15) is 0 Å². The summed E-state index contributed by atoms with van der Waals surface area (Å²) in [4.78, 5) is 18.2. The van der Waals surface area contributed by atoms with E-state index in [0.717, 1.165) is 55.6 Å². The van der Waals surface area contributed by atoms with Gasteiger partial charge in [-0.25, -0.2) is 9.97 Å². The third-order valence-corrected chi connectivity index (χ3v) is 5.06. The minimum atomic E-state index is 0.839. The molecule has 138 valence electrons. The Hall–Kier alpha value is -2.79. The maximum Gasteiger partial charge on any atom is 0.135 e. The molecule has 5 heteroatoms. The van der Waals surface area contributed by atoms with E-state index in [1.54, 1.807) is 0 Å². The lowest BCUT2D eigenvalue weighted by Crippen LogP contribution is -2.46. The number of hydrogen-bond donors (Lipinski definition) is 0. The van der Waals surface area contributed by atoms with E-state index >= 15 is 0 Å². The van der Waals surface area contributed by atoms with Crippen molar-refractivity contribution in [2.75, 3.05) is 31.1 Å². The van der Waals surface area contributed by atoms with Crippen molar-refractivity contribution in [2.24, 2.45) is 0 Å². The van der Waals surface area contributed by atoms with Gasteiger partial charge in [-0.2, -0.15) is 0 Å². The van der Waals surface area contributed by atoms with Crippen LogP contribution in [0.25, 0.3) is 11.3 Å². The molecule has 1 aromatic carbocycles. The predicted molar refractivity (Wildman–Crippen MR) is 109 cm³/mol. The fraction of sp³-hybridized carbons (Fsp3) is 0.318. The quantitative estimate of drug-likeness (QED) is 0.714. The van der Waals surface area contributed by atoms with Gasteiger partial charge in [0.2, 0.25) is 0 Å². The molecular formula is C22H25N5. The van der Waals surface area contributed by atoms with Gasteiger partial charge in [0, 0.05) is 56.2 Å². The Bertz CT molecular complexity index is 884. The van der Waals surface area contributed by atoms with Crippen LogP contribution >= 0.6 is 0 Å². The maximum absolute atomic E-state index is 4.63. The van der Waals surface area contributed by atoms with Gasteiger partial charge in [-0.3, -0.25) is 9.88 Å². The highest BCUT2D eigenvalue weighted by Gasteiger charge is 2.19. The van der Waals surface area contributed by atoms with Crippen LogP contribution in [0.3, 0.4) is 0 Å². The number of benzene rings is 1. The molecule has 5 nitrogen and oxygen atoms in total. The second kappa shape index (κ2) is 7.84. The largest absolute Gasteiger partial charge is 0.354 e. The van der Waals surface area contributed by atoms with E-state index in [2.05, 4.69) is 55.9 Å². The lowest BCUT2D eigenvalue weighted by atomic mass is 10.1. The topological polar surface area (TPSA) is 45.2 Å². The van der Waals surface area contributed by atoms with Crippen LogP contribution in [-0.4, -0.2) is 46.0 Å². The SMILES string of the molecule is Cc1ncc(C)c(N2CCN(Cc3ccc(-c4ccccn4)cc3)CC2)n1. The van der Waals surface area contributed by atoms with Crippen molar-refractivity contribution in [1.82, 2.24) is 19.9 Å². The molecule has 3 heterocycles. The van der Waals surface area contributed by atoms with Crippen molar-refractivity contribution in [3.63, 3.8) is 0 Å². The number of pyridine rings is 1. The van der Waals surface area contributed by atoms with E-state index in [1.165, 1.54) is 11.1 Å². The lowest BCUT2D eigenvalue weighted by Gasteiger charge is -2.36. The van der Waals surface area contributed by atoms with E-state index in [-0.39, 0.29) is 0 Å². The molecule has 0 aliphatic carbocycles. The Morgan fingerprint density at radius 1 is 0.889 bits per heavy atom. The number of aryl methyl sites for hydroxylation is 2. The fourth-order valence-corrected chi connectivity index (χ4v) is 3.53. The zero-order valence-corrected chi connectivity index (χ0v) is 16.0. The molecule has 0 unspecified atom stereocenters. The smallest absolute Gasteiger partial charge is 0.135 e. The highest BCUT2D eigenvalue weighted by molar-refractivity contribution is 5.59. The number of nitrogens with zero attached hydrogens (tertiary/aromatic N) is 5. The van der Waals surface area contributed by atoms with Crippen molar-refractivity contribution in [3.8, 4) is 11.3 Å². The first-order valence-electron chi connectivity index (χ1n) is 9.47. The summed E-state index contributed by atoms with van der Waals surface area (Å²) in [7, 11) is 0. The van der Waals surface area contributed by atoms with Crippen LogP contribution < -0.4 is 4.90 Å². The van der Waals surface area contributed by atoms with Crippen LogP contribution in [0.1, 0.15) is 17.0 Å². The Kier molecular flexibility index (Phi) is 5.12. The number of rotatable bonds is 4. The summed E-state index contributed by atoms with van der Waals surface area (Å²) >= 11 is 0. The molecule has 3 aromatic rings. The van der Waals surface area contributed by atoms with Gasteiger partial charge >= 0.3 is 0 Å². The summed E-state index contributed by atoms with van der Waals surface area (Å²) < 4.78 is 0. The van der Waals surface area contributed by atoms with Gasteiger partial charge in [-0.05, 0) is 31.5 Å². The Labute approximate surface area is 160 Å². The molecule has 27 heavy (non-hydrogen) atoms. The van der Waals surface area contributed by atoms with Gasteiger partial charge in [0.05, 0.1) is 5.69 Å². The molecule has 1 fully saturated rings. The van der Waals surface area contributed by atoms with Gasteiger partial charge in [-0.1, -0.05) is 30.3 Å². The minimum Gasteiger partial charge on any atom is -0.354 e. The second-order valence-electron chi connectivity index (χ2n) is 7.10. The number of anilines is 1. The average Bonchev–Trinajstić information content (AvgIpc) is 2.72. The normalized spacial score (nSPS) is 15.1. The highest BCUT2D eigenvalue weighted by atomic mass is 15.3. The van der Waals surface area contributed by atoms with Gasteiger partial charge in [0.25, 0.3) is 0 Å².